The number of fused-ring (bicyclic) bond motifs is 1. The van der Waals surface area contributed by atoms with Gasteiger partial charge in [0.25, 0.3) is 0 Å². The van der Waals surface area contributed by atoms with E-state index in [1.807, 2.05) is 12.4 Å². The zero-order valence-corrected chi connectivity index (χ0v) is 19.1. The quantitative estimate of drug-likeness (QED) is 0.412. The molecule has 33 heavy (non-hydrogen) atoms. The first-order chi connectivity index (χ1) is 16.2. The van der Waals surface area contributed by atoms with Gasteiger partial charge in [0.2, 0.25) is 0 Å². The van der Waals surface area contributed by atoms with Crippen LogP contribution in [0.5, 0.6) is 5.75 Å². The number of aromatic amines is 1. The summed E-state index contributed by atoms with van der Waals surface area (Å²) in [7, 11) is 1.72. The predicted molar refractivity (Wildman–Crippen MR) is 134 cm³/mol. The number of H-pyrrole nitrogens is 1. The van der Waals surface area contributed by atoms with E-state index in [1.165, 1.54) is 16.7 Å². The van der Waals surface area contributed by atoms with Crippen molar-refractivity contribution in [2.24, 2.45) is 0 Å². The molecular formula is C27H29N5O. The molecule has 0 amide bonds. The molecule has 0 saturated carbocycles. The molecule has 0 atom stereocenters. The molecule has 4 aromatic rings. The van der Waals surface area contributed by atoms with Crippen LogP contribution in [-0.2, 0) is 13.0 Å². The van der Waals surface area contributed by atoms with Gasteiger partial charge in [0.15, 0.2) is 0 Å². The number of aryl methyl sites for hydroxylation is 1. The molecule has 6 nitrogen and oxygen atoms in total. The fraction of sp³-hybridized carbons (Fsp3) is 0.259. The van der Waals surface area contributed by atoms with E-state index in [1.54, 1.807) is 13.3 Å². The summed E-state index contributed by atoms with van der Waals surface area (Å²) in [5.41, 5.74) is 6.96. The fourth-order valence-electron chi connectivity index (χ4n) is 4.33. The van der Waals surface area contributed by atoms with Crippen molar-refractivity contribution in [3.05, 3.63) is 84.1 Å². The largest absolute Gasteiger partial charge is 0.497 e. The van der Waals surface area contributed by atoms with Crippen LogP contribution in [-0.4, -0.2) is 35.2 Å². The zero-order chi connectivity index (χ0) is 22.6. The fourth-order valence-corrected chi connectivity index (χ4v) is 4.33. The van der Waals surface area contributed by atoms with Crippen LogP contribution in [0.15, 0.2) is 67.1 Å². The average molecular weight is 440 g/mol. The molecule has 0 saturated heterocycles. The lowest BCUT2D eigenvalue weighted by Gasteiger charge is -2.26. The van der Waals surface area contributed by atoms with Crippen molar-refractivity contribution >= 4 is 27.9 Å². The summed E-state index contributed by atoms with van der Waals surface area (Å²) in [6.45, 7) is 4.71. The molecule has 0 unspecified atom stereocenters. The number of methoxy groups -OCH3 is 1. The van der Waals surface area contributed by atoms with Gasteiger partial charge in [0, 0.05) is 48.0 Å². The Morgan fingerprint density at radius 2 is 2.00 bits per heavy atom. The maximum Gasteiger partial charge on any atom is 0.126 e. The van der Waals surface area contributed by atoms with E-state index >= 15 is 0 Å². The summed E-state index contributed by atoms with van der Waals surface area (Å²) < 4.78 is 5.60. The first-order valence-corrected chi connectivity index (χ1v) is 11.5. The van der Waals surface area contributed by atoms with Gasteiger partial charge in [-0.25, -0.2) is 4.98 Å². The summed E-state index contributed by atoms with van der Waals surface area (Å²) >= 11 is 0. The molecule has 0 aliphatic carbocycles. The van der Waals surface area contributed by atoms with E-state index in [2.05, 4.69) is 75.6 Å². The first-order valence-electron chi connectivity index (χ1n) is 11.5. The van der Waals surface area contributed by atoms with Crippen LogP contribution in [0, 0.1) is 0 Å². The van der Waals surface area contributed by atoms with Gasteiger partial charge in [-0.3, -0.25) is 4.98 Å². The van der Waals surface area contributed by atoms with E-state index in [-0.39, 0.29) is 0 Å². The molecule has 0 radical (unpaired) electrons. The number of pyridine rings is 1. The molecule has 2 aromatic carbocycles. The van der Waals surface area contributed by atoms with Gasteiger partial charge in [-0.05, 0) is 72.5 Å². The number of nitrogens with one attached hydrogen (secondary N) is 2. The van der Waals surface area contributed by atoms with Crippen molar-refractivity contribution in [1.82, 2.24) is 20.3 Å². The molecule has 0 spiro atoms. The third-order valence-corrected chi connectivity index (χ3v) is 6.18. The van der Waals surface area contributed by atoms with Crippen molar-refractivity contribution in [3.8, 4) is 5.75 Å². The first kappa shape index (κ1) is 21.2. The van der Waals surface area contributed by atoms with Crippen LogP contribution in [0.3, 0.4) is 0 Å². The third kappa shape index (κ3) is 4.61. The lowest BCUT2D eigenvalue weighted by Crippen LogP contribution is -2.20. The number of rotatable bonds is 7. The topological polar surface area (TPSA) is 66.1 Å². The zero-order valence-electron chi connectivity index (χ0n) is 19.1. The van der Waals surface area contributed by atoms with E-state index in [4.69, 9.17) is 9.72 Å². The van der Waals surface area contributed by atoms with Crippen LogP contribution in [0.2, 0.25) is 0 Å². The second-order valence-corrected chi connectivity index (χ2v) is 8.30. The summed E-state index contributed by atoms with van der Waals surface area (Å²) in [6, 6.07) is 15.1. The van der Waals surface area contributed by atoms with Crippen LogP contribution >= 0.6 is 0 Å². The average Bonchev–Trinajstić information content (AvgIpc) is 3.40. The highest BCUT2D eigenvalue weighted by atomic mass is 16.5. The molecule has 2 N–H and O–H groups in total. The number of aromatic nitrogens is 3. The Morgan fingerprint density at radius 1 is 1.06 bits per heavy atom. The van der Waals surface area contributed by atoms with Gasteiger partial charge < -0.3 is 19.9 Å². The Balaban J connectivity index is 1.59. The minimum atomic E-state index is 0.624. The van der Waals surface area contributed by atoms with Gasteiger partial charge in [-0.2, -0.15) is 0 Å². The minimum Gasteiger partial charge on any atom is -0.497 e. The number of benzene rings is 2. The van der Waals surface area contributed by atoms with Crippen molar-refractivity contribution in [3.63, 3.8) is 0 Å². The Bertz CT molecular complexity index is 1260. The summed E-state index contributed by atoms with van der Waals surface area (Å²) in [5.74, 6) is 1.76. The highest BCUT2D eigenvalue weighted by Gasteiger charge is 2.15. The lowest BCUT2D eigenvalue weighted by molar-refractivity contribution is 0.414. The van der Waals surface area contributed by atoms with Gasteiger partial charge in [-0.15, -0.1) is 0 Å². The Hall–Kier alpha value is -3.64. The SMILES string of the molecule is CCc1cc(OC)cc(N(Cc2ncc[nH]2)c2ccc3ncc(C4=CCNCC4)cc3c2)c1. The second-order valence-electron chi connectivity index (χ2n) is 8.30. The number of imidazole rings is 1. The molecule has 5 rings (SSSR count). The van der Waals surface area contributed by atoms with Crippen molar-refractivity contribution in [2.45, 2.75) is 26.3 Å². The van der Waals surface area contributed by atoms with E-state index < -0.39 is 0 Å². The normalized spacial score (nSPS) is 13.7. The Morgan fingerprint density at radius 3 is 2.76 bits per heavy atom. The van der Waals surface area contributed by atoms with Crippen molar-refractivity contribution in [1.29, 1.82) is 0 Å². The van der Waals surface area contributed by atoms with Gasteiger partial charge in [0.1, 0.15) is 11.6 Å². The standard InChI is InChI=1S/C27H29N5O/c1-3-19-12-24(16-25(13-19)33-2)32(18-27-29-10-11-30-27)23-4-5-26-21(15-23)14-22(17-31-26)20-6-8-28-9-7-20/h4-6,10-17,28H,3,7-9,18H2,1-2H3,(H,29,30). The van der Waals surface area contributed by atoms with Crippen LogP contribution in [0.4, 0.5) is 11.4 Å². The van der Waals surface area contributed by atoms with Gasteiger partial charge in [-0.1, -0.05) is 13.0 Å². The highest BCUT2D eigenvalue weighted by molar-refractivity contribution is 5.87. The second kappa shape index (κ2) is 9.46. The van der Waals surface area contributed by atoms with E-state index in [9.17, 15) is 0 Å². The van der Waals surface area contributed by atoms with E-state index in [0.717, 1.165) is 59.8 Å². The molecule has 3 heterocycles. The summed E-state index contributed by atoms with van der Waals surface area (Å²) in [6.07, 6.45) is 9.88. The molecule has 0 bridgehead atoms. The van der Waals surface area contributed by atoms with Crippen molar-refractivity contribution < 1.29 is 4.74 Å². The third-order valence-electron chi connectivity index (χ3n) is 6.18. The summed E-state index contributed by atoms with van der Waals surface area (Å²) in [4.78, 5) is 14.7. The van der Waals surface area contributed by atoms with Crippen LogP contribution in [0.1, 0.15) is 30.3 Å². The van der Waals surface area contributed by atoms with Crippen LogP contribution < -0.4 is 15.0 Å². The maximum absolute atomic E-state index is 5.60. The number of hydrogen-bond donors (Lipinski definition) is 2. The lowest BCUT2D eigenvalue weighted by atomic mass is 10.00. The predicted octanol–water partition coefficient (Wildman–Crippen LogP) is 5.24. The number of ether oxygens (including phenoxy) is 1. The molecule has 0 fully saturated rings. The van der Waals surface area contributed by atoms with Crippen molar-refractivity contribution in [2.75, 3.05) is 25.1 Å². The molecule has 1 aliphatic heterocycles. The molecule has 2 aromatic heterocycles. The monoisotopic (exact) mass is 439 g/mol. The van der Waals surface area contributed by atoms with E-state index in [0.29, 0.717) is 6.54 Å². The molecular weight excluding hydrogens is 410 g/mol. The van der Waals surface area contributed by atoms with Crippen LogP contribution in [0.25, 0.3) is 16.5 Å². The summed E-state index contributed by atoms with van der Waals surface area (Å²) in [5, 5.41) is 4.51. The smallest absolute Gasteiger partial charge is 0.126 e. The molecule has 168 valence electrons. The number of anilines is 2. The number of nitrogens with zero attached hydrogens (tertiary/aromatic N) is 3. The van der Waals surface area contributed by atoms with Gasteiger partial charge >= 0.3 is 0 Å². The highest BCUT2D eigenvalue weighted by Crippen LogP contribution is 2.33. The molecule has 6 heteroatoms. The minimum absolute atomic E-state index is 0.624. The van der Waals surface area contributed by atoms with Gasteiger partial charge in [0.05, 0.1) is 19.2 Å². The Labute approximate surface area is 194 Å². The number of hydrogen-bond acceptors (Lipinski definition) is 5. The Kier molecular flexibility index (Phi) is 6.09. The maximum atomic E-state index is 5.60. The molecule has 1 aliphatic rings.